The summed E-state index contributed by atoms with van der Waals surface area (Å²) in [5.41, 5.74) is 0.971. The minimum absolute atomic E-state index is 0.0617. The Balaban J connectivity index is 2.12. The van der Waals surface area contributed by atoms with Gasteiger partial charge in [-0.2, -0.15) is 13.2 Å². The Bertz CT molecular complexity index is 673. The van der Waals surface area contributed by atoms with Crippen LogP contribution in [-0.2, 0) is 17.4 Å². The Morgan fingerprint density at radius 2 is 1.77 bits per heavy atom. The number of carboxylic acid groups (broad SMARTS) is 1. The molecule has 0 aliphatic heterocycles. The molecular weight excluding hydrogens is 341 g/mol. The minimum Gasteiger partial charge on any atom is -0.481 e. The number of alkyl halides is 3. The van der Waals surface area contributed by atoms with Gasteiger partial charge in [0.25, 0.3) is 0 Å². The fourth-order valence-electron chi connectivity index (χ4n) is 4.72. The zero-order chi connectivity index (χ0) is 19.1. The number of carbonyl (C=O) groups is 1. The van der Waals surface area contributed by atoms with Crippen molar-refractivity contribution >= 4 is 5.97 Å². The van der Waals surface area contributed by atoms with E-state index in [2.05, 4.69) is 13.8 Å². The maximum Gasteiger partial charge on any atom is 0.416 e. The number of halogens is 3. The third kappa shape index (κ3) is 3.77. The van der Waals surface area contributed by atoms with Crippen LogP contribution in [0, 0.1) is 11.8 Å². The monoisotopic (exact) mass is 368 g/mol. The van der Waals surface area contributed by atoms with Crippen LogP contribution in [0.2, 0.25) is 0 Å². The molecule has 5 heteroatoms. The van der Waals surface area contributed by atoms with Crippen LogP contribution < -0.4 is 0 Å². The molecule has 2 aliphatic rings. The molecule has 1 aromatic carbocycles. The van der Waals surface area contributed by atoms with E-state index >= 15 is 0 Å². The summed E-state index contributed by atoms with van der Waals surface area (Å²) in [5.74, 6) is -1.42. The van der Waals surface area contributed by atoms with Gasteiger partial charge in [0.15, 0.2) is 0 Å². The first kappa shape index (κ1) is 19.2. The van der Waals surface area contributed by atoms with Crippen LogP contribution in [0.5, 0.6) is 0 Å². The molecule has 1 fully saturated rings. The molecule has 2 unspecified atom stereocenters. The van der Waals surface area contributed by atoms with Crippen LogP contribution in [0.4, 0.5) is 13.2 Å². The summed E-state index contributed by atoms with van der Waals surface area (Å²) >= 11 is 0. The van der Waals surface area contributed by atoms with Crippen LogP contribution in [0.25, 0.3) is 0 Å². The van der Waals surface area contributed by atoms with Gasteiger partial charge >= 0.3 is 12.1 Å². The second kappa shape index (κ2) is 7.24. The largest absolute Gasteiger partial charge is 0.481 e. The molecule has 2 nitrogen and oxygen atoms in total. The van der Waals surface area contributed by atoms with Crippen molar-refractivity contribution in [1.29, 1.82) is 0 Å². The summed E-state index contributed by atoms with van der Waals surface area (Å²) < 4.78 is 41.3. The molecule has 26 heavy (non-hydrogen) atoms. The molecule has 1 saturated carbocycles. The number of hydrogen-bond donors (Lipinski definition) is 1. The molecule has 0 aromatic heterocycles. The van der Waals surface area contributed by atoms with E-state index in [1.54, 1.807) is 6.07 Å². The Labute approximate surface area is 152 Å². The maximum absolute atomic E-state index is 13.8. The highest BCUT2D eigenvalue weighted by atomic mass is 19.4. The molecule has 0 saturated heterocycles. The zero-order valence-electron chi connectivity index (χ0n) is 15.4. The van der Waals surface area contributed by atoms with Crippen molar-refractivity contribution in [3.63, 3.8) is 0 Å². The van der Waals surface area contributed by atoms with Gasteiger partial charge in [-0.05, 0) is 66.2 Å². The molecule has 0 amide bonds. The van der Waals surface area contributed by atoms with E-state index in [1.807, 2.05) is 0 Å². The first-order valence-electron chi connectivity index (χ1n) is 9.65. The van der Waals surface area contributed by atoms with Gasteiger partial charge in [-0.1, -0.05) is 39.2 Å². The first-order chi connectivity index (χ1) is 12.2. The molecule has 1 N–H and O–H groups in total. The molecule has 2 aliphatic carbocycles. The van der Waals surface area contributed by atoms with Crippen molar-refractivity contribution in [2.45, 2.75) is 76.8 Å². The highest BCUT2D eigenvalue weighted by Crippen LogP contribution is 2.46. The number of benzene rings is 1. The first-order valence-corrected chi connectivity index (χ1v) is 9.65. The quantitative estimate of drug-likeness (QED) is 0.696. The summed E-state index contributed by atoms with van der Waals surface area (Å²) in [7, 11) is 0. The summed E-state index contributed by atoms with van der Waals surface area (Å²) in [6.07, 6.45) is 1.24. The molecular formula is C21H27F3O2. The van der Waals surface area contributed by atoms with E-state index in [-0.39, 0.29) is 11.8 Å². The van der Waals surface area contributed by atoms with Gasteiger partial charge in [0, 0.05) is 0 Å². The third-order valence-electron chi connectivity index (χ3n) is 6.30. The minimum atomic E-state index is -4.44. The van der Waals surface area contributed by atoms with Gasteiger partial charge in [-0.15, -0.1) is 0 Å². The Hall–Kier alpha value is -1.52. The predicted octanol–water partition coefficient (Wildman–Crippen LogP) is 6.14. The number of fused-ring (bicyclic) bond motifs is 1. The van der Waals surface area contributed by atoms with Gasteiger partial charge in [0.1, 0.15) is 0 Å². The predicted molar refractivity (Wildman–Crippen MR) is 94.3 cm³/mol. The molecule has 3 rings (SSSR count). The van der Waals surface area contributed by atoms with Crippen molar-refractivity contribution < 1.29 is 23.1 Å². The number of aliphatic carboxylic acids is 1. The smallest absolute Gasteiger partial charge is 0.416 e. The van der Waals surface area contributed by atoms with Gasteiger partial charge in [-0.3, -0.25) is 4.79 Å². The summed E-state index contributed by atoms with van der Waals surface area (Å²) in [5, 5.41) is 9.62. The lowest BCUT2D eigenvalue weighted by molar-refractivity contribution is -0.141. The maximum atomic E-state index is 13.8. The molecule has 0 bridgehead atoms. The molecule has 0 heterocycles. The normalized spacial score (nSPS) is 24.5. The number of hydrogen-bond acceptors (Lipinski definition) is 1. The number of carboxylic acids is 1. The zero-order valence-corrected chi connectivity index (χ0v) is 15.4. The summed E-state index contributed by atoms with van der Waals surface area (Å²) in [6.45, 7) is 4.11. The molecule has 144 valence electrons. The van der Waals surface area contributed by atoms with Crippen LogP contribution in [0.3, 0.4) is 0 Å². The van der Waals surface area contributed by atoms with E-state index in [1.165, 1.54) is 0 Å². The van der Waals surface area contributed by atoms with Gasteiger partial charge in [0.2, 0.25) is 0 Å². The van der Waals surface area contributed by atoms with E-state index in [9.17, 15) is 23.1 Å². The molecule has 1 aromatic rings. The lowest BCUT2D eigenvalue weighted by Crippen LogP contribution is -2.28. The summed E-state index contributed by atoms with van der Waals surface area (Å²) in [6, 6.07) is 2.87. The second-order valence-corrected chi connectivity index (χ2v) is 8.31. The summed E-state index contributed by atoms with van der Waals surface area (Å²) in [4.78, 5) is 11.8. The van der Waals surface area contributed by atoms with Crippen molar-refractivity contribution in [2.75, 3.05) is 0 Å². The van der Waals surface area contributed by atoms with Crippen LogP contribution >= 0.6 is 0 Å². The van der Waals surface area contributed by atoms with E-state index < -0.39 is 23.6 Å². The van der Waals surface area contributed by atoms with Crippen molar-refractivity contribution in [2.24, 2.45) is 11.8 Å². The average Bonchev–Trinajstić information content (AvgIpc) is 2.59. The topological polar surface area (TPSA) is 37.3 Å². The van der Waals surface area contributed by atoms with E-state index in [4.69, 9.17) is 0 Å². The highest BCUT2D eigenvalue weighted by molar-refractivity contribution is 5.77. The SMILES string of the molecule is CC(C)C1Cc2cc(C3CCCCC3)c(C(F)(F)F)cc2C(C(=O)O)C1. The van der Waals surface area contributed by atoms with Gasteiger partial charge < -0.3 is 5.11 Å². The highest BCUT2D eigenvalue weighted by Gasteiger charge is 2.40. The third-order valence-corrected chi connectivity index (χ3v) is 6.30. The average molecular weight is 368 g/mol. The lowest BCUT2D eigenvalue weighted by Gasteiger charge is -2.34. The lowest BCUT2D eigenvalue weighted by atomic mass is 9.70. The Morgan fingerprint density at radius 1 is 1.12 bits per heavy atom. The standard InChI is InChI=1S/C21H27F3O2/c1-12(2)14-8-15-10-17(13-6-4-3-5-7-13)19(21(22,23)24)11-16(15)18(9-14)20(25)26/h10-14,18H,3-9H2,1-2H3,(H,25,26). The Kier molecular flexibility index (Phi) is 5.36. The van der Waals surface area contributed by atoms with E-state index in [0.717, 1.165) is 43.7 Å². The van der Waals surface area contributed by atoms with Crippen molar-refractivity contribution in [3.8, 4) is 0 Å². The number of rotatable bonds is 3. The van der Waals surface area contributed by atoms with Crippen LogP contribution in [-0.4, -0.2) is 11.1 Å². The molecule has 0 radical (unpaired) electrons. The fraction of sp³-hybridized carbons (Fsp3) is 0.667. The molecule has 2 atom stereocenters. The Morgan fingerprint density at radius 3 is 2.31 bits per heavy atom. The van der Waals surface area contributed by atoms with E-state index in [0.29, 0.717) is 29.9 Å². The van der Waals surface area contributed by atoms with Crippen LogP contribution in [0.1, 0.15) is 86.5 Å². The van der Waals surface area contributed by atoms with Crippen molar-refractivity contribution in [1.82, 2.24) is 0 Å². The fourth-order valence-corrected chi connectivity index (χ4v) is 4.72. The second-order valence-electron chi connectivity index (χ2n) is 8.31. The van der Waals surface area contributed by atoms with Gasteiger partial charge in [-0.25, -0.2) is 0 Å². The molecule has 0 spiro atoms. The van der Waals surface area contributed by atoms with Crippen molar-refractivity contribution in [3.05, 3.63) is 34.4 Å². The van der Waals surface area contributed by atoms with Crippen LogP contribution in [0.15, 0.2) is 12.1 Å². The van der Waals surface area contributed by atoms with Gasteiger partial charge in [0.05, 0.1) is 11.5 Å².